The van der Waals surface area contributed by atoms with Gasteiger partial charge in [-0.3, -0.25) is 23.8 Å². The Balaban J connectivity index is 1.56. The zero-order valence-electron chi connectivity index (χ0n) is 24.8. The Bertz CT molecular complexity index is 1780. The Morgan fingerprint density at radius 1 is 0.933 bits per heavy atom. The lowest BCUT2D eigenvalue weighted by Gasteiger charge is -2.37. The van der Waals surface area contributed by atoms with E-state index < -0.39 is 52.8 Å². The highest BCUT2D eigenvalue weighted by atomic mass is 19.4. The van der Waals surface area contributed by atoms with Crippen LogP contribution < -0.4 is 21.9 Å². The van der Waals surface area contributed by atoms with Crippen LogP contribution in [-0.2, 0) is 25.8 Å². The summed E-state index contributed by atoms with van der Waals surface area (Å²) >= 11 is 0. The van der Waals surface area contributed by atoms with Crippen LogP contribution in [0.2, 0.25) is 0 Å². The molecular weight excluding hydrogens is 595 g/mol. The third kappa shape index (κ3) is 6.99. The van der Waals surface area contributed by atoms with Gasteiger partial charge in [0.25, 0.3) is 5.56 Å². The maximum Gasteiger partial charge on any atom is 0.416 e. The fourth-order valence-electron chi connectivity index (χ4n) is 5.80. The first-order valence-electron chi connectivity index (χ1n) is 14.4. The number of piperazine rings is 1. The van der Waals surface area contributed by atoms with E-state index >= 15 is 0 Å². The number of rotatable bonds is 8. The standard InChI is InChI=1S/C32H33F5N6O2/c1-20-13-23(15-24(33)14-20)28(38)19-43-30(44)29(41-11-9-40(10-12-41)17-22-5-4-8-39-16-22)21(2)42(31(43)45)18-25-26(32(35,36)37)6-3-7-27(25)34/h3-8,13-16,28H,9-12,17-19,38H2,1-2H3. The van der Waals surface area contributed by atoms with Crippen molar-refractivity contribution < 1.29 is 22.0 Å². The van der Waals surface area contributed by atoms with Gasteiger partial charge in [-0.25, -0.2) is 13.6 Å². The van der Waals surface area contributed by atoms with E-state index in [4.69, 9.17) is 5.73 Å². The van der Waals surface area contributed by atoms with E-state index in [0.29, 0.717) is 43.9 Å². The number of anilines is 1. The van der Waals surface area contributed by atoms with Crippen LogP contribution in [0.15, 0.2) is 70.5 Å². The third-order valence-corrected chi connectivity index (χ3v) is 8.09. The minimum atomic E-state index is -4.88. The monoisotopic (exact) mass is 628 g/mol. The van der Waals surface area contributed by atoms with Gasteiger partial charge in [-0.05, 0) is 60.9 Å². The van der Waals surface area contributed by atoms with Gasteiger partial charge < -0.3 is 10.6 Å². The number of benzene rings is 2. The molecule has 238 valence electrons. The molecule has 0 radical (unpaired) electrons. The van der Waals surface area contributed by atoms with Crippen LogP contribution in [-0.4, -0.2) is 45.2 Å². The molecule has 0 aliphatic carbocycles. The Hall–Kier alpha value is -4.36. The van der Waals surface area contributed by atoms with Crippen molar-refractivity contribution in [1.82, 2.24) is 19.0 Å². The Morgan fingerprint density at radius 2 is 1.67 bits per heavy atom. The van der Waals surface area contributed by atoms with Crippen molar-refractivity contribution in [3.63, 3.8) is 0 Å². The molecule has 1 aliphatic rings. The number of halogens is 5. The van der Waals surface area contributed by atoms with E-state index in [2.05, 4.69) is 9.88 Å². The normalized spacial score (nSPS) is 15.0. The fraction of sp³-hybridized carbons (Fsp3) is 0.344. The zero-order valence-corrected chi connectivity index (χ0v) is 24.8. The van der Waals surface area contributed by atoms with Gasteiger partial charge in [-0.1, -0.05) is 18.2 Å². The summed E-state index contributed by atoms with van der Waals surface area (Å²) in [5, 5.41) is 0. The van der Waals surface area contributed by atoms with Crippen LogP contribution >= 0.6 is 0 Å². The summed E-state index contributed by atoms with van der Waals surface area (Å²) in [5.74, 6) is -1.68. The molecule has 1 unspecified atom stereocenters. The number of nitrogens with two attached hydrogens (primary N) is 1. The molecule has 2 N–H and O–H groups in total. The molecule has 13 heteroatoms. The molecule has 0 amide bonds. The van der Waals surface area contributed by atoms with E-state index in [1.807, 2.05) is 12.1 Å². The average molecular weight is 629 g/mol. The molecule has 2 aromatic carbocycles. The van der Waals surface area contributed by atoms with Gasteiger partial charge in [0.15, 0.2) is 0 Å². The van der Waals surface area contributed by atoms with E-state index in [1.54, 1.807) is 30.3 Å². The van der Waals surface area contributed by atoms with Gasteiger partial charge in [0.2, 0.25) is 0 Å². The molecule has 4 aromatic rings. The Kier molecular flexibility index (Phi) is 9.21. The van der Waals surface area contributed by atoms with Crippen molar-refractivity contribution >= 4 is 5.69 Å². The highest BCUT2D eigenvalue weighted by Gasteiger charge is 2.35. The summed E-state index contributed by atoms with van der Waals surface area (Å²) in [6.45, 7) is 4.51. The molecule has 45 heavy (non-hydrogen) atoms. The highest BCUT2D eigenvalue weighted by molar-refractivity contribution is 5.50. The van der Waals surface area contributed by atoms with Crippen molar-refractivity contribution in [3.05, 3.63) is 127 Å². The fourth-order valence-corrected chi connectivity index (χ4v) is 5.80. The molecule has 0 bridgehead atoms. The number of hydrogen-bond donors (Lipinski definition) is 1. The number of aromatic nitrogens is 3. The smallest absolute Gasteiger partial charge is 0.363 e. The van der Waals surface area contributed by atoms with Gasteiger partial charge in [0, 0.05) is 62.4 Å². The molecule has 1 aliphatic heterocycles. The quantitative estimate of drug-likeness (QED) is 0.292. The molecule has 8 nitrogen and oxygen atoms in total. The summed E-state index contributed by atoms with van der Waals surface area (Å²) < 4.78 is 72.6. The molecule has 0 spiro atoms. The molecule has 1 fully saturated rings. The Morgan fingerprint density at radius 3 is 2.31 bits per heavy atom. The summed E-state index contributed by atoms with van der Waals surface area (Å²) in [6, 6.07) is 9.54. The minimum absolute atomic E-state index is 0.105. The lowest BCUT2D eigenvalue weighted by atomic mass is 10.0. The molecule has 2 aromatic heterocycles. The second kappa shape index (κ2) is 12.9. The van der Waals surface area contributed by atoms with E-state index in [-0.39, 0.29) is 17.9 Å². The van der Waals surface area contributed by atoms with Crippen molar-refractivity contribution in [2.24, 2.45) is 5.73 Å². The van der Waals surface area contributed by atoms with E-state index in [9.17, 15) is 31.5 Å². The van der Waals surface area contributed by atoms with Gasteiger partial charge in [-0.2, -0.15) is 13.2 Å². The van der Waals surface area contributed by atoms with Crippen molar-refractivity contribution in [2.75, 3.05) is 31.1 Å². The number of pyridine rings is 1. The predicted octanol–water partition coefficient (Wildman–Crippen LogP) is 4.39. The topological polar surface area (TPSA) is 89.4 Å². The van der Waals surface area contributed by atoms with Crippen LogP contribution in [0.25, 0.3) is 0 Å². The summed E-state index contributed by atoms with van der Waals surface area (Å²) in [4.78, 5) is 35.9. The summed E-state index contributed by atoms with van der Waals surface area (Å²) in [7, 11) is 0. The lowest BCUT2D eigenvalue weighted by Crippen LogP contribution is -2.51. The summed E-state index contributed by atoms with van der Waals surface area (Å²) in [6.07, 6.45) is -1.43. The number of hydrogen-bond acceptors (Lipinski definition) is 6. The second-order valence-electron chi connectivity index (χ2n) is 11.3. The molecule has 0 saturated carbocycles. The van der Waals surface area contributed by atoms with Crippen LogP contribution in [0.5, 0.6) is 0 Å². The number of aryl methyl sites for hydroxylation is 1. The van der Waals surface area contributed by atoms with Crippen molar-refractivity contribution in [2.45, 2.75) is 45.7 Å². The molecule has 3 heterocycles. The number of alkyl halides is 3. The SMILES string of the molecule is Cc1cc(F)cc(C(N)Cn2c(=O)c(N3CCN(Cc4cccnc4)CC3)c(C)n(Cc3c(F)cccc3C(F)(F)F)c2=O)c1. The maximum atomic E-state index is 14.9. The van der Waals surface area contributed by atoms with Gasteiger partial charge >= 0.3 is 11.9 Å². The van der Waals surface area contributed by atoms with Gasteiger partial charge in [0.1, 0.15) is 17.3 Å². The lowest BCUT2D eigenvalue weighted by molar-refractivity contribution is -0.138. The average Bonchev–Trinajstić information content (AvgIpc) is 2.98. The Labute approximate surface area is 256 Å². The summed E-state index contributed by atoms with van der Waals surface area (Å²) in [5.41, 5.74) is 4.95. The van der Waals surface area contributed by atoms with Crippen LogP contribution in [0, 0.1) is 25.5 Å². The first-order valence-corrected chi connectivity index (χ1v) is 14.4. The van der Waals surface area contributed by atoms with Crippen molar-refractivity contribution in [3.8, 4) is 0 Å². The molecule has 5 rings (SSSR count). The van der Waals surface area contributed by atoms with Crippen molar-refractivity contribution in [1.29, 1.82) is 0 Å². The predicted molar refractivity (Wildman–Crippen MR) is 160 cm³/mol. The number of nitrogens with zero attached hydrogens (tertiary/aromatic N) is 5. The third-order valence-electron chi connectivity index (χ3n) is 8.09. The highest BCUT2D eigenvalue weighted by Crippen LogP contribution is 2.33. The minimum Gasteiger partial charge on any atom is -0.363 e. The van der Waals surface area contributed by atoms with Crippen LogP contribution in [0.1, 0.15) is 39.6 Å². The molecular formula is C32H33F5N6O2. The van der Waals surface area contributed by atoms with Crippen LogP contribution in [0.4, 0.5) is 27.6 Å². The van der Waals surface area contributed by atoms with E-state index in [1.165, 1.54) is 19.1 Å². The first-order chi connectivity index (χ1) is 21.3. The van der Waals surface area contributed by atoms with Crippen LogP contribution in [0.3, 0.4) is 0 Å². The van der Waals surface area contributed by atoms with Gasteiger partial charge in [0.05, 0.1) is 18.7 Å². The van der Waals surface area contributed by atoms with E-state index in [0.717, 1.165) is 32.9 Å². The maximum absolute atomic E-state index is 14.9. The molecule has 1 atom stereocenters. The first kappa shape index (κ1) is 32.0. The second-order valence-corrected chi connectivity index (χ2v) is 11.3. The van der Waals surface area contributed by atoms with Gasteiger partial charge in [-0.15, -0.1) is 0 Å². The zero-order chi connectivity index (χ0) is 32.5. The molecule has 1 saturated heterocycles. The largest absolute Gasteiger partial charge is 0.416 e.